The van der Waals surface area contributed by atoms with Crippen molar-refractivity contribution in [3.05, 3.63) is 71.4 Å². The Morgan fingerprint density at radius 1 is 1.08 bits per heavy atom. The van der Waals surface area contributed by atoms with Crippen molar-refractivity contribution in [3.63, 3.8) is 0 Å². The van der Waals surface area contributed by atoms with E-state index in [0.29, 0.717) is 12.1 Å². The molecule has 0 unspecified atom stereocenters. The molecule has 1 heterocycles. The molecule has 0 saturated heterocycles. The van der Waals surface area contributed by atoms with E-state index >= 15 is 0 Å². The topological polar surface area (TPSA) is 62.4 Å². The van der Waals surface area contributed by atoms with Crippen LogP contribution >= 0.6 is 0 Å². The molecule has 0 fully saturated rings. The lowest BCUT2D eigenvalue weighted by Crippen LogP contribution is -2.30. The molecule has 0 aliphatic heterocycles. The van der Waals surface area contributed by atoms with Crippen molar-refractivity contribution in [1.82, 2.24) is 9.88 Å². The summed E-state index contributed by atoms with van der Waals surface area (Å²) in [4.78, 5) is 29.0. The Hall–Kier alpha value is -3.08. The minimum atomic E-state index is -0.505. The largest absolute Gasteiger partial charge is 0.452 e. The van der Waals surface area contributed by atoms with Gasteiger partial charge in [0.1, 0.15) is 0 Å². The molecular formula is C20H20N2O3. The molecule has 0 atom stereocenters. The summed E-state index contributed by atoms with van der Waals surface area (Å²) < 4.78 is 5.18. The molecule has 0 saturated carbocycles. The molecule has 25 heavy (non-hydrogen) atoms. The van der Waals surface area contributed by atoms with E-state index in [9.17, 15) is 9.59 Å². The lowest BCUT2D eigenvalue weighted by molar-refractivity contribution is -0.133. The molecule has 5 heteroatoms. The first kappa shape index (κ1) is 16.8. The van der Waals surface area contributed by atoms with Gasteiger partial charge in [-0.3, -0.25) is 4.79 Å². The first-order valence-corrected chi connectivity index (χ1v) is 8.07. The molecule has 0 aliphatic rings. The molecular weight excluding hydrogens is 316 g/mol. The number of amides is 1. The third-order valence-corrected chi connectivity index (χ3v) is 4.10. The van der Waals surface area contributed by atoms with Gasteiger partial charge >= 0.3 is 5.97 Å². The standard InChI is InChI=1S/C20H20N2O3/c1-14-7-9-15(10-8-14)12-22(2)19(23)13-25-20(24)17-11-21-18-6-4-3-5-16(17)18/h3-11,21H,12-13H2,1-2H3. The highest BCUT2D eigenvalue weighted by molar-refractivity contribution is 6.04. The van der Waals surface area contributed by atoms with Crippen molar-refractivity contribution in [3.8, 4) is 0 Å². The molecule has 0 bridgehead atoms. The number of esters is 1. The Kier molecular flexibility index (Phi) is 4.84. The number of carbonyl (C=O) groups is 2. The zero-order chi connectivity index (χ0) is 17.8. The molecule has 1 N–H and O–H groups in total. The van der Waals surface area contributed by atoms with Crippen LogP contribution in [0.4, 0.5) is 0 Å². The normalized spacial score (nSPS) is 10.6. The van der Waals surface area contributed by atoms with E-state index in [4.69, 9.17) is 4.74 Å². The van der Waals surface area contributed by atoms with E-state index < -0.39 is 5.97 Å². The SMILES string of the molecule is Cc1ccc(CN(C)C(=O)COC(=O)c2c[nH]c3ccccc23)cc1. The Morgan fingerprint density at radius 3 is 2.56 bits per heavy atom. The van der Waals surface area contributed by atoms with Gasteiger partial charge in [0.25, 0.3) is 5.91 Å². The highest BCUT2D eigenvalue weighted by atomic mass is 16.5. The van der Waals surface area contributed by atoms with Gasteiger partial charge in [0.05, 0.1) is 5.56 Å². The zero-order valence-corrected chi connectivity index (χ0v) is 14.3. The molecule has 128 valence electrons. The number of H-pyrrole nitrogens is 1. The molecule has 1 aromatic heterocycles. The first-order chi connectivity index (χ1) is 12.0. The number of nitrogens with zero attached hydrogens (tertiary/aromatic N) is 1. The third-order valence-electron chi connectivity index (χ3n) is 4.10. The summed E-state index contributed by atoms with van der Waals surface area (Å²) in [6.07, 6.45) is 1.60. The van der Waals surface area contributed by atoms with Crippen LogP contribution in [-0.2, 0) is 16.1 Å². The van der Waals surface area contributed by atoms with Gasteiger partial charge in [-0.05, 0) is 18.6 Å². The number of nitrogens with one attached hydrogen (secondary N) is 1. The van der Waals surface area contributed by atoms with Crippen LogP contribution in [-0.4, -0.2) is 35.4 Å². The van der Waals surface area contributed by atoms with Crippen molar-refractivity contribution in [2.24, 2.45) is 0 Å². The molecule has 3 aromatic rings. The van der Waals surface area contributed by atoms with E-state index in [1.165, 1.54) is 5.56 Å². The molecule has 3 rings (SSSR count). The monoisotopic (exact) mass is 336 g/mol. The van der Waals surface area contributed by atoms with Crippen molar-refractivity contribution in [2.45, 2.75) is 13.5 Å². The van der Waals surface area contributed by atoms with Gasteiger partial charge in [-0.2, -0.15) is 0 Å². The van der Waals surface area contributed by atoms with Crippen LogP contribution in [0.1, 0.15) is 21.5 Å². The number of rotatable bonds is 5. The Morgan fingerprint density at radius 2 is 1.80 bits per heavy atom. The molecule has 2 aromatic carbocycles. The fraction of sp³-hybridized carbons (Fsp3) is 0.200. The second kappa shape index (κ2) is 7.21. The molecule has 5 nitrogen and oxygen atoms in total. The van der Waals surface area contributed by atoms with Crippen LogP contribution in [0.25, 0.3) is 10.9 Å². The van der Waals surface area contributed by atoms with Crippen LogP contribution < -0.4 is 0 Å². The summed E-state index contributed by atoms with van der Waals surface area (Å²) in [6.45, 7) is 2.22. The third kappa shape index (κ3) is 3.88. The number of hydrogen-bond donors (Lipinski definition) is 1. The second-order valence-corrected chi connectivity index (χ2v) is 6.06. The highest BCUT2D eigenvalue weighted by Gasteiger charge is 2.16. The maximum absolute atomic E-state index is 12.2. The number of ether oxygens (including phenoxy) is 1. The van der Waals surface area contributed by atoms with Crippen LogP contribution in [0, 0.1) is 6.92 Å². The molecule has 0 aliphatic carbocycles. The smallest absolute Gasteiger partial charge is 0.340 e. The lowest BCUT2D eigenvalue weighted by Gasteiger charge is -2.17. The number of benzene rings is 2. The number of aromatic amines is 1. The lowest BCUT2D eigenvalue weighted by atomic mass is 10.1. The van der Waals surface area contributed by atoms with Crippen LogP contribution in [0.3, 0.4) is 0 Å². The average molecular weight is 336 g/mol. The van der Waals surface area contributed by atoms with Crippen molar-refractivity contribution >= 4 is 22.8 Å². The van der Waals surface area contributed by atoms with Gasteiger partial charge in [0, 0.05) is 30.7 Å². The number of aryl methyl sites for hydroxylation is 1. The minimum absolute atomic E-state index is 0.242. The van der Waals surface area contributed by atoms with E-state index in [-0.39, 0.29) is 12.5 Å². The van der Waals surface area contributed by atoms with Crippen molar-refractivity contribution in [2.75, 3.05) is 13.7 Å². The van der Waals surface area contributed by atoms with E-state index in [1.807, 2.05) is 55.5 Å². The zero-order valence-electron chi connectivity index (χ0n) is 14.3. The predicted molar refractivity (Wildman–Crippen MR) is 96.2 cm³/mol. The molecule has 0 radical (unpaired) electrons. The summed E-state index contributed by atoms with van der Waals surface area (Å²) in [5.41, 5.74) is 3.50. The average Bonchev–Trinajstić information content (AvgIpc) is 3.05. The van der Waals surface area contributed by atoms with Crippen LogP contribution in [0.2, 0.25) is 0 Å². The van der Waals surface area contributed by atoms with Gasteiger partial charge in [-0.1, -0.05) is 48.0 Å². The Bertz CT molecular complexity index is 897. The molecule has 0 spiro atoms. The fourth-order valence-corrected chi connectivity index (χ4v) is 2.61. The predicted octanol–water partition coefficient (Wildman–Crippen LogP) is 3.29. The number of hydrogen-bond acceptors (Lipinski definition) is 3. The van der Waals surface area contributed by atoms with Gasteiger partial charge in [-0.15, -0.1) is 0 Å². The minimum Gasteiger partial charge on any atom is -0.452 e. The summed E-state index contributed by atoms with van der Waals surface area (Å²) in [6, 6.07) is 15.4. The first-order valence-electron chi connectivity index (χ1n) is 8.07. The maximum atomic E-state index is 12.2. The van der Waals surface area contributed by atoms with Gasteiger partial charge in [0.2, 0.25) is 0 Å². The van der Waals surface area contributed by atoms with Crippen LogP contribution in [0.15, 0.2) is 54.7 Å². The second-order valence-electron chi connectivity index (χ2n) is 6.06. The summed E-state index contributed by atoms with van der Waals surface area (Å²) in [5, 5.41) is 0.785. The number of aromatic nitrogens is 1. The molecule has 1 amide bonds. The Balaban J connectivity index is 1.57. The fourth-order valence-electron chi connectivity index (χ4n) is 2.61. The van der Waals surface area contributed by atoms with E-state index in [1.54, 1.807) is 18.1 Å². The van der Waals surface area contributed by atoms with Gasteiger partial charge in [0.15, 0.2) is 6.61 Å². The Labute approximate surface area is 146 Å². The number of likely N-dealkylation sites (N-methyl/N-ethyl adjacent to an activating group) is 1. The van der Waals surface area contributed by atoms with Crippen LogP contribution in [0.5, 0.6) is 0 Å². The summed E-state index contributed by atoms with van der Waals surface area (Å²) >= 11 is 0. The number of para-hydroxylation sites is 1. The quantitative estimate of drug-likeness (QED) is 0.727. The van der Waals surface area contributed by atoms with Gasteiger partial charge in [-0.25, -0.2) is 4.79 Å². The van der Waals surface area contributed by atoms with Gasteiger partial charge < -0.3 is 14.6 Å². The van der Waals surface area contributed by atoms with Crippen molar-refractivity contribution in [1.29, 1.82) is 0 Å². The maximum Gasteiger partial charge on any atom is 0.340 e. The summed E-state index contributed by atoms with van der Waals surface area (Å²) in [7, 11) is 1.70. The number of carbonyl (C=O) groups excluding carboxylic acids is 2. The van der Waals surface area contributed by atoms with E-state index in [2.05, 4.69) is 4.98 Å². The van der Waals surface area contributed by atoms with Crippen molar-refractivity contribution < 1.29 is 14.3 Å². The highest BCUT2D eigenvalue weighted by Crippen LogP contribution is 2.18. The number of fused-ring (bicyclic) bond motifs is 1. The summed E-state index contributed by atoms with van der Waals surface area (Å²) in [5.74, 6) is -0.747. The van der Waals surface area contributed by atoms with E-state index in [0.717, 1.165) is 16.5 Å².